The first-order chi connectivity index (χ1) is 8.20. The topological polar surface area (TPSA) is 32.3 Å². The number of carbonyl (C=O) groups excluding carboxylic acids is 1. The van der Waals surface area contributed by atoms with Crippen LogP contribution in [0.1, 0.15) is 39.5 Å². The van der Waals surface area contributed by atoms with Gasteiger partial charge in [0.25, 0.3) is 0 Å². The van der Waals surface area contributed by atoms with Crippen LogP contribution >= 0.6 is 0 Å². The number of allylic oxidation sites excluding steroid dienone is 1. The molecule has 17 heavy (non-hydrogen) atoms. The minimum atomic E-state index is 0.108. The van der Waals surface area contributed by atoms with Gasteiger partial charge in [-0.2, -0.15) is 0 Å². The van der Waals surface area contributed by atoms with Crippen molar-refractivity contribution in [3.8, 4) is 0 Å². The number of carbonyl (C=O) groups is 1. The van der Waals surface area contributed by atoms with Crippen LogP contribution in [0.15, 0.2) is 11.6 Å². The number of hydrogen-bond acceptors (Lipinski definition) is 2. The van der Waals surface area contributed by atoms with E-state index in [4.69, 9.17) is 0 Å². The van der Waals surface area contributed by atoms with Crippen molar-refractivity contribution in [3.05, 3.63) is 11.6 Å². The molecule has 1 heterocycles. The molecule has 1 aliphatic heterocycles. The summed E-state index contributed by atoms with van der Waals surface area (Å²) in [6, 6.07) is 0.873. The molecule has 0 spiro atoms. The van der Waals surface area contributed by atoms with E-state index in [0.717, 1.165) is 24.6 Å². The summed E-state index contributed by atoms with van der Waals surface area (Å²) in [7, 11) is 0. The highest BCUT2D eigenvalue weighted by molar-refractivity contribution is 5.92. The van der Waals surface area contributed by atoms with Gasteiger partial charge in [0.15, 0.2) is 0 Å². The Morgan fingerprint density at radius 1 is 1.41 bits per heavy atom. The smallest absolute Gasteiger partial charge is 0.246 e. The maximum absolute atomic E-state index is 11.7. The molecule has 0 aromatic rings. The van der Waals surface area contributed by atoms with Crippen LogP contribution in [0, 0.1) is 5.92 Å². The number of nitrogens with zero attached hydrogens (tertiary/aromatic N) is 1. The summed E-state index contributed by atoms with van der Waals surface area (Å²) in [4.78, 5) is 14.3. The second kappa shape index (κ2) is 5.67. The van der Waals surface area contributed by atoms with Crippen molar-refractivity contribution < 1.29 is 4.79 Å². The second-order valence-corrected chi connectivity index (χ2v) is 5.39. The fraction of sp³-hybridized carbons (Fsp3) is 0.786. The minimum absolute atomic E-state index is 0.108. The van der Waals surface area contributed by atoms with E-state index < -0.39 is 0 Å². The summed E-state index contributed by atoms with van der Waals surface area (Å²) in [6.45, 7) is 7.21. The van der Waals surface area contributed by atoms with Crippen LogP contribution in [-0.2, 0) is 4.79 Å². The standard InChI is InChI=1S/C14H24N2O/c1-3-4-11(2)14(17)15-9-12-7-8-16(10-12)13-5-6-13/h4,12-13H,3,5-10H2,1-2H3,(H,15,17)/b11-4+. The maximum Gasteiger partial charge on any atom is 0.246 e. The summed E-state index contributed by atoms with van der Waals surface area (Å²) < 4.78 is 0. The summed E-state index contributed by atoms with van der Waals surface area (Å²) in [5, 5.41) is 3.06. The number of rotatable bonds is 5. The first-order valence-corrected chi connectivity index (χ1v) is 6.89. The quantitative estimate of drug-likeness (QED) is 0.740. The lowest BCUT2D eigenvalue weighted by atomic mass is 10.1. The van der Waals surface area contributed by atoms with Crippen LogP contribution in [0.25, 0.3) is 0 Å². The molecule has 1 atom stereocenters. The number of likely N-dealkylation sites (tertiary alicyclic amines) is 1. The molecule has 3 nitrogen and oxygen atoms in total. The number of nitrogens with one attached hydrogen (secondary N) is 1. The third kappa shape index (κ3) is 3.56. The zero-order valence-corrected chi connectivity index (χ0v) is 11.0. The van der Waals surface area contributed by atoms with Gasteiger partial charge < -0.3 is 10.2 Å². The highest BCUT2D eigenvalue weighted by Gasteiger charge is 2.34. The molecule has 0 aromatic heterocycles. The molecule has 3 heteroatoms. The molecule has 1 amide bonds. The number of hydrogen-bond donors (Lipinski definition) is 1. The summed E-state index contributed by atoms with van der Waals surface area (Å²) >= 11 is 0. The Kier molecular flexibility index (Phi) is 4.21. The molecule has 0 radical (unpaired) electrons. The monoisotopic (exact) mass is 236 g/mol. The van der Waals surface area contributed by atoms with Gasteiger partial charge in [-0.3, -0.25) is 4.79 Å². The number of amides is 1. The molecule has 2 rings (SSSR count). The van der Waals surface area contributed by atoms with E-state index in [9.17, 15) is 4.79 Å². The fourth-order valence-corrected chi connectivity index (χ4v) is 2.58. The zero-order valence-electron chi connectivity index (χ0n) is 11.0. The third-order valence-electron chi connectivity index (χ3n) is 3.80. The lowest BCUT2D eigenvalue weighted by Gasteiger charge is -2.15. The Morgan fingerprint density at radius 3 is 2.82 bits per heavy atom. The van der Waals surface area contributed by atoms with Crippen LogP contribution in [-0.4, -0.2) is 36.5 Å². The van der Waals surface area contributed by atoms with E-state index in [-0.39, 0.29) is 5.91 Å². The average molecular weight is 236 g/mol. The molecule has 1 saturated heterocycles. The lowest BCUT2D eigenvalue weighted by Crippen LogP contribution is -2.31. The van der Waals surface area contributed by atoms with Crippen molar-refractivity contribution in [1.82, 2.24) is 10.2 Å². The van der Waals surface area contributed by atoms with Gasteiger partial charge in [0, 0.05) is 24.7 Å². The molecular formula is C14H24N2O. The second-order valence-electron chi connectivity index (χ2n) is 5.39. The molecule has 0 bridgehead atoms. The van der Waals surface area contributed by atoms with Crippen LogP contribution in [0.5, 0.6) is 0 Å². The van der Waals surface area contributed by atoms with E-state index in [1.165, 1.54) is 32.4 Å². The first kappa shape index (κ1) is 12.6. The Hall–Kier alpha value is -0.830. The van der Waals surface area contributed by atoms with Gasteiger partial charge in [-0.05, 0) is 45.1 Å². The van der Waals surface area contributed by atoms with E-state index in [0.29, 0.717) is 5.92 Å². The molecule has 2 aliphatic rings. The van der Waals surface area contributed by atoms with Gasteiger partial charge in [-0.25, -0.2) is 0 Å². The Morgan fingerprint density at radius 2 is 2.18 bits per heavy atom. The molecule has 1 unspecified atom stereocenters. The van der Waals surface area contributed by atoms with Crippen LogP contribution in [0.3, 0.4) is 0 Å². The van der Waals surface area contributed by atoms with Crippen LogP contribution in [0.4, 0.5) is 0 Å². The maximum atomic E-state index is 11.7. The molecule has 2 fully saturated rings. The van der Waals surface area contributed by atoms with E-state index in [2.05, 4.69) is 17.1 Å². The predicted molar refractivity (Wildman–Crippen MR) is 69.8 cm³/mol. The van der Waals surface area contributed by atoms with E-state index in [1.54, 1.807) is 0 Å². The molecule has 1 N–H and O–H groups in total. The Bertz CT molecular complexity index is 307. The highest BCUT2D eigenvalue weighted by atomic mass is 16.1. The van der Waals surface area contributed by atoms with Gasteiger partial charge in [-0.1, -0.05) is 13.0 Å². The summed E-state index contributed by atoms with van der Waals surface area (Å²) in [5.74, 6) is 0.769. The lowest BCUT2D eigenvalue weighted by molar-refractivity contribution is -0.117. The van der Waals surface area contributed by atoms with Gasteiger partial charge >= 0.3 is 0 Å². The zero-order chi connectivity index (χ0) is 12.3. The van der Waals surface area contributed by atoms with E-state index in [1.807, 2.05) is 13.0 Å². The molecule has 0 aromatic carbocycles. The third-order valence-corrected chi connectivity index (χ3v) is 3.80. The SMILES string of the molecule is CC/C=C(\C)C(=O)NCC1CCN(C2CC2)C1. The van der Waals surface area contributed by atoms with Crippen molar-refractivity contribution in [2.75, 3.05) is 19.6 Å². The van der Waals surface area contributed by atoms with Crippen LogP contribution in [0.2, 0.25) is 0 Å². The summed E-state index contributed by atoms with van der Waals surface area (Å²) in [5.41, 5.74) is 0.851. The van der Waals surface area contributed by atoms with Gasteiger partial charge in [0.2, 0.25) is 5.91 Å². The van der Waals surface area contributed by atoms with Gasteiger partial charge in [0.05, 0.1) is 0 Å². The largest absolute Gasteiger partial charge is 0.352 e. The highest BCUT2D eigenvalue weighted by Crippen LogP contribution is 2.31. The molecule has 96 valence electrons. The minimum Gasteiger partial charge on any atom is -0.352 e. The van der Waals surface area contributed by atoms with Crippen molar-refractivity contribution in [3.63, 3.8) is 0 Å². The van der Waals surface area contributed by atoms with Crippen molar-refractivity contribution in [2.24, 2.45) is 5.92 Å². The van der Waals surface area contributed by atoms with Gasteiger partial charge in [0.1, 0.15) is 0 Å². The molecule has 1 aliphatic carbocycles. The fourth-order valence-electron chi connectivity index (χ4n) is 2.58. The van der Waals surface area contributed by atoms with Crippen LogP contribution < -0.4 is 5.32 Å². The normalized spacial score (nSPS) is 26.2. The molecular weight excluding hydrogens is 212 g/mol. The van der Waals surface area contributed by atoms with E-state index >= 15 is 0 Å². The van der Waals surface area contributed by atoms with Crippen molar-refractivity contribution in [2.45, 2.75) is 45.6 Å². The Balaban J connectivity index is 1.68. The average Bonchev–Trinajstić information content (AvgIpc) is 3.06. The first-order valence-electron chi connectivity index (χ1n) is 6.89. The predicted octanol–water partition coefficient (Wildman–Crippen LogP) is 1.94. The van der Waals surface area contributed by atoms with Gasteiger partial charge in [-0.15, -0.1) is 0 Å². The summed E-state index contributed by atoms with van der Waals surface area (Å²) in [6.07, 6.45) is 6.93. The van der Waals surface area contributed by atoms with Crippen molar-refractivity contribution in [1.29, 1.82) is 0 Å². The Labute approximate surface area is 104 Å². The molecule has 1 saturated carbocycles. The van der Waals surface area contributed by atoms with Crippen molar-refractivity contribution >= 4 is 5.91 Å².